The van der Waals surface area contributed by atoms with E-state index < -0.39 is 5.97 Å². The minimum absolute atomic E-state index is 0. The predicted octanol–water partition coefficient (Wildman–Crippen LogP) is 10.4. The summed E-state index contributed by atoms with van der Waals surface area (Å²) in [5, 5.41) is 3.11. The maximum atomic E-state index is 11.1. The Hall–Kier alpha value is -0.100. The average molecular weight is 1020 g/mol. The van der Waals surface area contributed by atoms with Crippen molar-refractivity contribution in [2.24, 2.45) is 0 Å². The van der Waals surface area contributed by atoms with Crippen LogP contribution in [0.25, 0.3) is 0 Å². The van der Waals surface area contributed by atoms with Crippen molar-refractivity contribution in [1.82, 2.24) is 0 Å². The molecular formula is C37H58O10S11. The maximum Gasteiger partial charge on any atom is 0.334 e. The van der Waals surface area contributed by atoms with Gasteiger partial charge in [0.05, 0.1) is 0 Å². The number of thioether (sulfide) groups is 7. The third kappa shape index (κ3) is 32.6. The SMILES string of the molecule is C=C(C)C(=O)OC(C)S.C=C(C)C(=O)OC1CCSSC1.C=C(C)C(=O)OC1CSCSC1.C=C(C)C(=O)OC1SCCCS1.C=C(C)C(=O)OC1SCSCS1.S. The number of esters is 5. The van der Waals surface area contributed by atoms with Gasteiger partial charge in [0.25, 0.3) is 0 Å². The van der Waals surface area contributed by atoms with Crippen LogP contribution in [0.1, 0.15) is 54.4 Å². The molecule has 0 N–H and O–H groups in total. The van der Waals surface area contributed by atoms with Gasteiger partial charge in [-0.2, -0.15) is 13.5 Å². The first-order valence-corrected chi connectivity index (χ1v) is 27.9. The largest absolute Gasteiger partial charge is 0.458 e. The number of ether oxygens (including phenoxy) is 5. The van der Waals surface area contributed by atoms with E-state index in [0.29, 0.717) is 27.9 Å². The van der Waals surface area contributed by atoms with Crippen LogP contribution in [0.15, 0.2) is 60.8 Å². The highest BCUT2D eigenvalue weighted by molar-refractivity contribution is 8.76. The Labute approximate surface area is 396 Å². The van der Waals surface area contributed by atoms with Crippen molar-refractivity contribution >= 4 is 160 Å². The first-order chi connectivity index (χ1) is 26.8. The topological polar surface area (TPSA) is 132 Å². The van der Waals surface area contributed by atoms with E-state index in [0.717, 1.165) is 56.2 Å². The summed E-state index contributed by atoms with van der Waals surface area (Å²) in [5.74, 6) is 4.52. The molecule has 0 aromatic carbocycles. The third-order valence-electron chi connectivity index (χ3n) is 5.98. The highest BCUT2D eigenvalue weighted by Gasteiger charge is 2.21. The van der Waals surface area contributed by atoms with Gasteiger partial charge in [-0.15, -0.1) is 71.4 Å². The molecule has 4 saturated heterocycles. The number of hydrogen-bond donors (Lipinski definition) is 1. The smallest absolute Gasteiger partial charge is 0.334 e. The molecule has 0 bridgehead atoms. The molecule has 2 atom stereocenters. The van der Waals surface area contributed by atoms with Crippen LogP contribution in [-0.4, -0.2) is 107 Å². The second kappa shape index (κ2) is 36.4. The van der Waals surface area contributed by atoms with Crippen molar-refractivity contribution in [2.75, 3.05) is 49.8 Å². The third-order valence-corrected chi connectivity index (χ3v) is 17.7. The molecule has 0 aromatic heterocycles. The number of thiol groups is 1. The van der Waals surface area contributed by atoms with E-state index in [2.05, 4.69) is 50.3 Å². The molecule has 4 fully saturated rings. The van der Waals surface area contributed by atoms with Crippen LogP contribution in [0, 0.1) is 0 Å². The molecule has 4 heterocycles. The quantitative estimate of drug-likeness (QED) is 0.0555. The molecule has 0 amide bonds. The fourth-order valence-electron chi connectivity index (χ4n) is 3.10. The van der Waals surface area contributed by atoms with Crippen LogP contribution < -0.4 is 0 Å². The van der Waals surface area contributed by atoms with Crippen molar-refractivity contribution in [3.63, 3.8) is 0 Å². The molecule has 4 aliphatic heterocycles. The summed E-state index contributed by atoms with van der Waals surface area (Å²) in [6.07, 6.45) is 2.35. The van der Waals surface area contributed by atoms with Crippen molar-refractivity contribution < 1.29 is 47.7 Å². The molecule has 4 rings (SSSR count). The predicted molar refractivity (Wildman–Crippen MR) is 270 cm³/mol. The van der Waals surface area contributed by atoms with E-state index in [9.17, 15) is 24.0 Å². The number of hydrogen-bond acceptors (Lipinski definition) is 20. The van der Waals surface area contributed by atoms with E-state index in [4.69, 9.17) is 18.9 Å². The summed E-state index contributed by atoms with van der Waals surface area (Å²) in [6.45, 7) is 27.5. The molecule has 332 valence electrons. The lowest BCUT2D eigenvalue weighted by Crippen LogP contribution is -2.25. The molecule has 21 heteroatoms. The molecule has 0 aromatic rings. The summed E-state index contributed by atoms with van der Waals surface area (Å²) in [6, 6.07) is 0. The van der Waals surface area contributed by atoms with E-state index in [1.54, 1.807) is 99.4 Å². The highest BCUT2D eigenvalue weighted by atomic mass is 33.1. The first-order valence-electron chi connectivity index (χ1n) is 17.3. The molecule has 58 heavy (non-hydrogen) atoms. The standard InChI is InChI=1S/3C8H12O2S2.C7H10O2S3.C6H10O2S.H2S/c1-6(2)8(9)10-7-3-11-5-12-4-7;1-6(2)8(9)10-7-3-4-11-12-5-7;1-6(2)7(9)10-8-11-4-3-5-12-8;1-5(2)6(8)9-7-11-3-10-4-12-7;1-4(2)6(7)8-5(3)9;/h2*7H,1,3-5H2,2H3;8H,1,3-5H2,2H3;7H,1,3-4H2,2H3;5,9H,1H2,2-3H3;1H2. The van der Waals surface area contributed by atoms with E-state index in [-0.39, 0.29) is 64.6 Å². The molecule has 0 radical (unpaired) electrons. The van der Waals surface area contributed by atoms with Crippen LogP contribution >= 0.6 is 130 Å². The van der Waals surface area contributed by atoms with Crippen molar-refractivity contribution in [3.05, 3.63) is 60.8 Å². The van der Waals surface area contributed by atoms with Crippen LogP contribution in [0.5, 0.6) is 0 Å². The van der Waals surface area contributed by atoms with Gasteiger partial charge in [0.1, 0.15) is 17.6 Å². The van der Waals surface area contributed by atoms with Crippen LogP contribution in [0.4, 0.5) is 0 Å². The summed E-state index contributed by atoms with van der Waals surface area (Å²) in [5.41, 5.74) is 1.95. The van der Waals surface area contributed by atoms with Gasteiger partial charge in [-0.1, -0.05) is 78.0 Å². The van der Waals surface area contributed by atoms with E-state index in [1.165, 1.54) is 6.42 Å². The van der Waals surface area contributed by atoms with Gasteiger partial charge in [-0.05, 0) is 65.9 Å². The van der Waals surface area contributed by atoms with E-state index in [1.807, 2.05) is 46.1 Å². The normalized spacial score (nSPS) is 18.4. The number of carbonyl (C=O) groups is 5. The van der Waals surface area contributed by atoms with E-state index >= 15 is 0 Å². The van der Waals surface area contributed by atoms with Crippen LogP contribution in [-0.2, 0) is 47.7 Å². The monoisotopic (exact) mass is 1010 g/mol. The van der Waals surface area contributed by atoms with Crippen LogP contribution in [0.2, 0.25) is 0 Å². The number of carbonyl (C=O) groups excluding carboxylic acids is 5. The van der Waals surface area contributed by atoms with Crippen molar-refractivity contribution in [1.29, 1.82) is 0 Å². The van der Waals surface area contributed by atoms with Gasteiger partial charge in [0.15, 0.2) is 9.54 Å². The summed E-state index contributed by atoms with van der Waals surface area (Å²) >= 11 is 16.0. The van der Waals surface area contributed by atoms with Gasteiger partial charge in [0, 0.05) is 66.1 Å². The molecule has 10 nitrogen and oxygen atoms in total. The Balaban J connectivity index is 0. The molecule has 0 saturated carbocycles. The fraction of sp³-hybridized carbons (Fsp3) is 0.595. The maximum absolute atomic E-state index is 11.1. The Kier molecular flexibility index (Phi) is 37.6. The zero-order valence-corrected chi connectivity index (χ0v) is 43.1. The van der Waals surface area contributed by atoms with Gasteiger partial charge >= 0.3 is 29.8 Å². The summed E-state index contributed by atoms with van der Waals surface area (Å²) in [7, 11) is 3.60. The van der Waals surface area contributed by atoms with Crippen LogP contribution in [0.3, 0.4) is 0 Å². The molecule has 2 unspecified atom stereocenters. The zero-order valence-electron chi connectivity index (χ0n) is 33.9. The number of rotatable bonds is 10. The Morgan fingerprint density at radius 3 is 1.33 bits per heavy atom. The lowest BCUT2D eigenvalue weighted by Gasteiger charge is -2.20. The Morgan fingerprint density at radius 1 is 0.534 bits per heavy atom. The summed E-state index contributed by atoms with van der Waals surface area (Å²) in [4.78, 5) is 54.8. The Bertz CT molecular complexity index is 1170. The van der Waals surface area contributed by atoms with Gasteiger partial charge in [0.2, 0.25) is 0 Å². The van der Waals surface area contributed by atoms with Gasteiger partial charge in [-0.3, -0.25) is 0 Å². The first kappa shape index (κ1) is 60.0. The second-order valence-corrected chi connectivity index (χ2v) is 24.5. The van der Waals surface area contributed by atoms with Gasteiger partial charge in [-0.25, -0.2) is 24.0 Å². The van der Waals surface area contributed by atoms with Crippen molar-refractivity contribution in [2.45, 2.75) is 81.6 Å². The molecule has 0 spiro atoms. The summed E-state index contributed by atoms with van der Waals surface area (Å²) < 4.78 is 25.2. The minimum Gasteiger partial charge on any atom is -0.458 e. The van der Waals surface area contributed by atoms with Gasteiger partial charge < -0.3 is 23.7 Å². The zero-order chi connectivity index (χ0) is 43.3. The Morgan fingerprint density at radius 2 is 0.948 bits per heavy atom. The lowest BCUT2D eigenvalue weighted by molar-refractivity contribution is -0.143. The second-order valence-electron chi connectivity index (χ2n) is 12.0. The molecule has 4 aliphatic rings. The molecular weight excluding hydrogens is 957 g/mol. The fourth-order valence-corrected chi connectivity index (χ4v) is 14.5. The minimum atomic E-state index is -0.391. The lowest BCUT2D eigenvalue weighted by atomic mass is 10.3. The molecule has 0 aliphatic carbocycles. The highest BCUT2D eigenvalue weighted by Crippen LogP contribution is 2.37. The van der Waals surface area contributed by atoms with Crippen molar-refractivity contribution in [3.8, 4) is 0 Å². The average Bonchev–Trinajstić information content (AvgIpc) is 3.17.